The normalized spacial score (nSPS) is 10.6. The Morgan fingerprint density at radius 3 is 2.50 bits per heavy atom. The number of hydrazine groups is 1. The fourth-order valence-electron chi connectivity index (χ4n) is 2.09. The van der Waals surface area contributed by atoms with Gasteiger partial charge in [-0.15, -0.1) is 11.3 Å². The van der Waals surface area contributed by atoms with E-state index in [1.165, 1.54) is 22.3 Å². The third kappa shape index (κ3) is 4.70. The number of thiophene rings is 1. The van der Waals surface area contributed by atoms with E-state index in [4.69, 9.17) is 4.74 Å². The molecule has 0 unspecified atom stereocenters. The zero-order chi connectivity index (χ0) is 17.5. The highest BCUT2D eigenvalue weighted by Crippen LogP contribution is 2.21. The van der Waals surface area contributed by atoms with Gasteiger partial charge in [0.05, 0.1) is 12.0 Å². The van der Waals surface area contributed by atoms with Gasteiger partial charge in [0.15, 0.2) is 0 Å². The van der Waals surface area contributed by atoms with Crippen LogP contribution in [-0.4, -0.2) is 18.9 Å². The summed E-state index contributed by atoms with van der Waals surface area (Å²) in [5, 5.41) is 0. The average Bonchev–Trinajstić information content (AvgIpc) is 2.99. The predicted octanol–water partition coefficient (Wildman–Crippen LogP) is 3.10. The highest BCUT2D eigenvalue weighted by Gasteiger charge is 2.11. The van der Waals surface area contributed by atoms with Crippen molar-refractivity contribution in [3.8, 4) is 5.75 Å². The Morgan fingerprint density at radius 2 is 1.92 bits per heavy atom. The summed E-state index contributed by atoms with van der Waals surface area (Å²) in [6, 6.07) is 9.12. The van der Waals surface area contributed by atoms with Crippen LogP contribution in [0.4, 0.5) is 0 Å². The minimum absolute atomic E-state index is 0.311. The van der Waals surface area contributed by atoms with E-state index in [-0.39, 0.29) is 5.91 Å². The van der Waals surface area contributed by atoms with Gasteiger partial charge in [0.25, 0.3) is 11.8 Å². The Bertz CT molecular complexity index is 748. The molecule has 0 radical (unpaired) electrons. The molecule has 1 aromatic carbocycles. The van der Waals surface area contributed by atoms with Crippen LogP contribution in [0.15, 0.2) is 36.4 Å². The van der Waals surface area contributed by atoms with Gasteiger partial charge in [0.2, 0.25) is 0 Å². The van der Waals surface area contributed by atoms with Crippen LogP contribution >= 0.6 is 11.3 Å². The maximum Gasteiger partial charge on any atom is 0.279 e. The zero-order valence-electron chi connectivity index (χ0n) is 13.9. The van der Waals surface area contributed by atoms with Crippen LogP contribution in [0.25, 0.3) is 6.08 Å². The minimum Gasteiger partial charge on any atom is -0.497 e. The molecule has 0 aliphatic rings. The second-order valence-corrected chi connectivity index (χ2v) is 6.26. The zero-order valence-corrected chi connectivity index (χ0v) is 14.7. The summed E-state index contributed by atoms with van der Waals surface area (Å²) < 4.78 is 5.07. The van der Waals surface area contributed by atoms with Crippen molar-refractivity contribution in [2.75, 3.05) is 7.11 Å². The maximum absolute atomic E-state index is 12.0. The molecule has 5 nitrogen and oxygen atoms in total. The number of rotatable bonds is 5. The summed E-state index contributed by atoms with van der Waals surface area (Å²) in [5.74, 6) is 0.0405. The molecular formula is C18H20N2O3S. The molecule has 1 aromatic heterocycles. The van der Waals surface area contributed by atoms with Gasteiger partial charge >= 0.3 is 0 Å². The molecule has 0 saturated heterocycles. The molecule has 2 rings (SSSR count). The minimum atomic E-state index is -0.400. The van der Waals surface area contributed by atoms with Crippen LogP contribution in [0.5, 0.6) is 5.75 Å². The van der Waals surface area contributed by atoms with Gasteiger partial charge in [-0.1, -0.05) is 19.1 Å². The molecule has 0 fully saturated rings. The number of aryl methyl sites for hydroxylation is 2. The Morgan fingerprint density at radius 1 is 1.21 bits per heavy atom. The summed E-state index contributed by atoms with van der Waals surface area (Å²) in [7, 11) is 1.60. The standard InChI is InChI=1S/C18H20N2O3S/c1-4-15-12(2)11-16(24-15)18(22)20-19-17(21)10-7-13-5-8-14(23-3)9-6-13/h5-11H,4H2,1-3H3,(H,19,21)(H,20,22)/b10-7+. The number of amides is 2. The quantitative estimate of drug-likeness (QED) is 0.647. The van der Waals surface area contributed by atoms with Gasteiger partial charge in [-0.3, -0.25) is 20.4 Å². The van der Waals surface area contributed by atoms with Gasteiger partial charge in [-0.2, -0.15) is 0 Å². The van der Waals surface area contributed by atoms with Crippen molar-refractivity contribution in [2.45, 2.75) is 20.3 Å². The van der Waals surface area contributed by atoms with Crippen LogP contribution in [-0.2, 0) is 11.2 Å². The van der Waals surface area contributed by atoms with Crippen LogP contribution in [0.3, 0.4) is 0 Å². The van der Waals surface area contributed by atoms with Crippen molar-refractivity contribution in [1.82, 2.24) is 10.9 Å². The summed E-state index contributed by atoms with van der Waals surface area (Å²) in [4.78, 5) is 25.6. The van der Waals surface area contributed by atoms with Crippen LogP contribution in [0.1, 0.15) is 32.6 Å². The SMILES string of the molecule is CCc1sc(C(=O)NNC(=O)/C=C/c2ccc(OC)cc2)cc1C. The Kier molecular flexibility index (Phi) is 6.14. The number of carbonyl (C=O) groups excluding carboxylic acids is 2. The van der Waals surface area contributed by atoms with E-state index in [0.29, 0.717) is 4.88 Å². The Hall–Kier alpha value is -2.60. The Labute approximate surface area is 145 Å². The molecule has 0 atom stereocenters. The average molecular weight is 344 g/mol. The molecule has 0 spiro atoms. The van der Waals surface area contributed by atoms with Crippen molar-refractivity contribution in [3.63, 3.8) is 0 Å². The third-order valence-electron chi connectivity index (χ3n) is 3.41. The maximum atomic E-state index is 12.0. The lowest BCUT2D eigenvalue weighted by Crippen LogP contribution is -2.40. The third-order valence-corrected chi connectivity index (χ3v) is 4.79. The van der Waals surface area contributed by atoms with Crippen molar-refractivity contribution < 1.29 is 14.3 Å². The number of hydrogen-bond acceptors (Lipinski definition) is 4. The smallest absolute Gasteiger partial charge is 0.279 e. The van der Waals surface area contributed by atoms with Gasteiger partial charge in [0, 0.05) is 11.0 Å². The van der Waals surface area contributed by atoms with Crippen molar-refractivity contribution in [3.05, 3.63) is 57.3 Å². The summed E-state index contributed by atoms with van der Waals surface area (Å²) >= 11 is 1.44. The van der Waals surface area contributed by atoms with Gasteiger partial charge in [-0.25, -0.2) is 0 Å². The van der Waals surface area contributed by atoms with Gasteiger partial charge < -0.3 is 4.74 Å². The fraction of sp³-hybridized carbons (Fsp3) is 0.222. The Balaban J connectivity index is 1.87. The summed E-state index contributed by atoms with van der Waals surface area (Å²) in [5.41, 5.74) is 6.75. The number of ether oxygens (including phenoxy) is 1. The highest BCUT2D eigenvalue weighted by atomic mass is 32.1. The lowest BCUT2D eigenvalue weighted by molar-refractivity contribution is -0.117. The second-order valence-electron chi connectivity index (χ2n) is 5.12. The number of benzene rings is 1. The second kappa shape index (κ2) is 8.31. The topological polar surface area (TPSA) is 67.4 Å². The molecule has 126 valence electrons. The predicted molar refractivity (Wildman–Crippen MR) is 96.1 cm³/mol. The number of hydrogen-bond donors (Lipinski definition) is 2. The lowest BCUT2D eigenvalue weighted by atomic mass is 10.2. The molecule has 6 heteroatoms. The monoisotopic (exact) mass is 344 g/mol. The highest BCUT2D eigenvalue weighted by molar-refractivity contribution is 7.14. The first-order chi connectivity index (χ1) is 11.5. The fourth-order valence-corrected chi connectivity index (χ4v) is 3.10. The van der Waals surface area contributed by atoms with Gasteiger partial charge in [-0.05, 0) is 48.7 Å². The molecule has 2 amide bonds. The van der Waals surface area contributed by atoms with E-state index in [1.807, 2.05) is 44.2 Å². The van der Waals surface area contributed by atoms with E-state index in [2.05, 4.69) is 10.9 Å². The van der Waals surface area contributed by atoms with Crippen LogP contribution in [0.2, 0.25) is 0 Å². The summed E-state index contributed by atoms with van der Waals surface area (Å²) in [6.45, 7) is 4.02. The van der Waals surface area contributed by atoms with Crippen LogP contribution < -0.4 is 15.6 Å². The van der Waals surface area contributed by atoms with E-state index in [0.717, 1.165) is 23.3 Å². The molecule has 2 N–H and O–H groups in total. The van der Waals surface area contributed by atoms with E-state index in [9.17, 15) is 9.59 Å². The van der Waals surface area contributed by atoms with Crippen molar-refractivity contribution in [1.29, 1.82) is 0 Å². The molecule has 0 bridgehead atoms. The van der Waals surface area contributed by atoms with Crippen molar-refractivity contribution in [2.24, 2.45) is 0 Å². The molecule has 0 aliphatic heterocycles. The molecule has 0 saturated carbocycles. The molecule has 24 heavy (non-hydrogen) atoms. The number of nitrogens with one attached hydrogen (secondary N) is 2. The van der Waals surface area contributed by atoms with E-state index < -0.39 is 5.91 Å². The molecule has 0 aliphatic carbocycles. The molecular weight excluding hydrogens is 324 g/mol. The molecule has 2 aromatic rings. The molecule has 1 heterocycles. The van der Waals surface area contributed by atoms with E-state index >= 15 is 0 Å². The number of carbonyl (C=O) groups is 2. The van der Waals surface area contributed by atoms with Crippen molar-refractivity contribution >= 4 is 29.2 Å². The number of methoxy groups -OCH3 is 1. The van der Waals surface area contributed by atoms with Crippen LogP contribution in [0, 0.1) is 6.92 Å². The first-order valence-corrected chi connectivity index (χ1v) is 8.37. The first kappa shape index (κ1) is 17.7. The lowest BCUT2D eigenvalue weighted by Gasteiger charge is -2.03. The largest absolute Gasteiger partial charge is 0.497 e. The summed E-state index contributed by atoms with van der Waals surface area (Å²) in [6.07, 6.45) is 3.91. The first-order valence-electron chi connectivity index (χ1n) is 7.55. The van der Waals surface area contributed by atoms with E-state index in [1.54, 1.807) is 13.2 Å². The van der Waals surface area contributed by atoms with Gasteiger partial charge in [0.1, 0.15) is 5.75 Å².